The number of amides is 1. The van der Waals surface area contributed by atoms with Gasteiger partial charge in [0.05, 0.1) is 17.3 Å². The van der Waals surface area contributed by atoms with Crippen LogP contribution in [0.15, 0.2) is 48.8 Å². The van der Waals surface area contributed by atoms with E-state index in [4.69, 9.17) is 4.98 Å². The van der Waals surface area contributed by atoms with Gasteiger partial charge in [0.2, 0.25) is 11.7 Å². The number of fused-ring (bicyclic) bond motifs is 2. The first-order valence-electron chi connectivity index (χ1n) is 9.55. The van der Waals surface area contributed by atoms with E-state index in [-0.39, 0.29) is 5.92 Å². The van der Waals surface area contributed by atoms with Crippen molar-refractivity contribution < 1.29 is 4.79 Å². The number of rotatable bonds is 3. The van der Waals surface area contributed by atoms with Crippen molar-refractivity contribution in [3.63, 3.8) is 0 Å². The molecule has 4 heterocycles. The van der Waals surface area contributed by atoms with Crippen LogP contribution in [-0.4, -0.2) is 56.8 Å². The van der Waals surface area contributed by atoms with Crippen molar-refractivity contribution >= 4 is 11.7 Å². The molecule has 1 aromatic carbocycles. The fourth-order valence-corrected chi connectivity index (χ4v) is 4.54. The van der Waals surface area contributed by atoms with Crippen molar-refractivity contribution in [1.29, 1.82) is 0 Å². The maximum Gasteiger partial charge on any atom is 0.234 e. The number of carbonyl (C=O) groups excluding carboxylic acids is 1. The third kappa shape index (κ3) is 2.80. The molecule has 0 aliphatic carbocycles. The zero-order valence-electron chi connectivity index (χ0n) is 15.5. The van der Waals surface area contributed by atoms with Gasteiger partial charge in [-0.3, -0.25) is 14.1 Å². The van der Waals surface area contributed by atoms with E-state index in [2.05, 4.69) is 26.4 Å². The maximum absolute atomic E-state index is 12.5. The van der Waals surface area contributed by atoms with Gasteiger partial charge in [-0.15, -0.1) is 0 Å². The minimum absolute atomic E-state index is 0.140. The summed E-state index contributed by atoms with van der Waals surface area (Å²) < 4.78 is 2.08. The molecule has 2 atom stereocenters. The molecule has 0 spiro atoms. The molecule has 0 N–H and O–H groups in total. The predicted octanol–water partition coefficient (Wildman–Crippen LogP) is 2.31. The maximum atomic E-state index is 12.5. The molecule has 2 saturated heterocycles. The van der Waals surface area contributed by atoms with Crippen LogP contribution in [0.2, 0.25) is 0 Å². The average Bonchev–Trinajstić information content (AvgIpc) is 3.28. The molecule has 6 heteroatoms. The molecule has 27 heavy (non-hydrogen) atoms. The van der Waals surface area contributed by atoms with Crippen LogP contribution >= 0.6 is 0 Å². The van der Waals surface area contributed by atoms with E-state index >= 15 is 0 Å². The lowest BCUT2D eigenvalue weighted by atomic mass is 9.88. The fourth-order valence-electron chi connectivity index (χ4n) is 4.54. The first-order chi connectivity index (χ1) is 13.2. The molecular formula is C21H23N5O. The van der Waals surface area contributed by atoms with Crippen molar-refractivity contribution in [2.75, 3.05) is 26.7 Å². The van der Waals surface area contributed by atoms with Gasteiger partial charge in [0.25, 0.3) is 0 Å². The summed E-state index contributed by atoms with van der Waals surface area (Å²) in [5.41, 5.74) is 3.22. The Labute approximate surface area is 158 Å². The van der Waals surface area contributed by atoms with Crippen LogP contribution < -0.4 is 0 Å². The highest BCUT2D eigenvalue weighted by Gasteiger charge is 2.42. The Morgan fingerprint density at radius 3 is 2.85 bits per heavy atom. The summed E-state index contributed by atoms with van der Waals surface area (Å²) in [5, 5.41) is 0. The van der Waals surface area contributed by atoms with E-state index in [1.165, 1.54) is 0 Å². The fraction of sp³-hybridized carbons (Fsp3) is 0.381. The van der Waals surface area contributed by atoms with Gasteiger partial charge in [0.15, 0.2) is 0 Å². The molecule has 2 aromatic heterocycles. The monoisotopic (exact) mass is 361 g/mol. The Hall–Kier alpha value is -2.73. The van der Waals surface area contributed by atoms with Crippen molar-refractivity contribution in [2.24, 2.45) is 11.8 Å². The molecule has 138 valence electrons. The van der Waals surface area contributed by atoms with Crippen molar-refractivity contribution in [3.05, 3.63) is 54.5 Å². The lowest BCUT2D eigenvalue weighted by Gasteiger charge is -2.30. The summed E-state index contributed by atoms with van der Waals surface area (Å²) in [6.07, 6.45) is 4.91. The molecule has 0 unspecified atom stereocenters. The molecule has 1 amide bonds. The van der Waals surface area contributed by atoms with Crippen LogP contribution in [-0.2, 0) is 11.3 Å². The van der Waals surface area contributed by atoms with Gasteiger partial charge in [-0.1, -0.05) is 30.3 Å². The minimum atomic E-state index is 0.140. The van der Waals surface area contributed by atoms with Gasteiger partial charge in [-0.2, -0.15) is 0 Å². The first kappa shape index (κ1) is 16.4. The summed E-state index contributed by atoms with van der Waals surface area (Å²) in [5.74, 6) is 1.64. The van der Waals surface area contributed by atoms with Crippen LogP contribution in [0.3, 0.4) is 0 Å². The van der Waals surface area contributed by atoms with E-state index in [1.807, 2.05) is 42.4 Å². The zero-order valence-corrected chi connectivity index (χ0v) is 15.5. The van der Waals surface area contributed by atoms with Crippen LogP contribution in [0, 0.1) is 11.8 Å². The van der Waals surface area contributed by atoms with Crippen molar-refractivity contribution in [3.8, 4) is 11.3 Å². The Bertz CT molecular complexity index is 983. The normalized spacial score (nSPS) is 23.1. The summed E-state index contributed by atoms with van der Waals surface area (Å²) >= 11 is 0. The molecular weight excluding hydrogens is 338 g/mol. The van der Waals surface area contributed by atoms with Gasteiger partial charge >= 0.3 is 0 Å². The molecule has 3 aromatic rings. The van der Waals surface area contributed by atoms with Crippen LogP contribution in [0.25, 0.3) is 17.0 Å². The molecule has 2 aliphatic rings. The van der Waals surface area contributed by atoms with Crippen molar-refractivity contribution in [2.45, 2.75) is 13.0 Å². The number of aromatic nitrogens is 3. The third-order valence-electron chi connectivity index (χ3n) is 5.97. The van der Waals surface area contributed by atoms with Gasteiger partial charge in [-0.25, -0.2) is 9.97 Å². The second-order valence-electron chi connectivity index (χ2n) is 7.67. The largest absolute Gasteiger partial charge is 0.345 e. The van der Waals surface area contributed by atoms with E-state index in [1.54, 1.807) is 6.20 Å². The van der Waals surface area contributed by atoms with Gasteiger partial charge < -0.3 is 4.90 Å². The molecule has 5 rings (SSSR count). The number of nitrogens with zero attached hydrogens (tertiary/aromatic N) is 5. The van der Waals surface area contributed by atoms with Crippen LogP contribution in [0.5, 0.6) is 0 Å². The molecule has 0 bridgehead atoms. The number of benzene rings is 1. The topological polar surface area (TPSA) is 53.7 Å². The second-order valence-corrected chi connectivity index (χ2v) is 7.67. The zero-order chi connectivity index (χ0) is 18.4. The average molecular weight is 361 g/mol. The number of piperidine rings is 1. The summed E-state index contributed by atoms with van der Waals surface area (Å²) in [4.78, 5) is 26.0. The molecule has 2 aliphatic heterocycles. The number of likely N-dealkylation sites (tertiary alicyclic amines) is 2. The summed E-state index contributed by atoms with van der Waals surface area (Å²) in [7, 11) is 1.92. The van der Waals surface area contributed by atoms with E-state index in [0.29, 0.717) is 11.8 Å². The smallest absolute Gasteiger partial charge is 0.234 e. The Morgan fingerprint density at radius 1 is 1.15 bits per heavy atom. The highest BCUT2D eigenvalue weighted by molar-refractivity contribution is 5.80. The van der Waals surface area contributed by atoms with Gasteiger partial charge in [0, 0.05) is 51.2 Å². The highest BCUT2D eigenvalue weighted by Crippen LogP contribution is 2.33. The van der Waals surface area contributed by atoms with Gasteiger partial charge in [0.1, 0.15) is 0 Å². The second kappa shape index (κ2) is 6.46. The SMILES string of the molecule is CN1CC[C@@H]2CN(Cc3c(-c4ccccc4)nc4ncccn34)C[C@@H]2C1=O. The molecule has 6 nitrogen and oxygen atoms in total. The third-order valence-corrected chi connectivity index (χ3v) is 5.97. The molecule has 0 saturated carbocycles. The summed E-state index contributed by atoms with van der Waals surface area (Å²) in [6.45, 7) is 3.46. The summed E-state index contributed by atoms with van der Waals surface area (Å²) in [6, 6.07) is 12.2. The minimum Gasteiger partial charge on any atom is -0.345 e. The quantitative estimate of drug-likeness (QED) is 0.718. The van der Waals surface area contributed by atoms with E-state index < -0.39 is 0 Å². The Kier molecular flexibility index (Phi) is 3.93. The first-order valence-corrected chi connectivity index (χ1v) is 9.55. The standard InChI is InChI=1S/C21H23N5O/c1-24-11-8-16-12-25(13-17(16)20(24)27)14-18-19(15-6-3-2-4-7-15)23-21-22-9-5-10-26(18)21/h2-7,9-10,16-17H,8,11-14H2,1H3/t16-,17+/m1/s1. The predicted molar refractivity (Wildman–Crippen MR) is 103 cm³/mol. The van der Waals surface area contributed by atoms with Crippen LogP contribution in [0.1, 0.15) is 12.1 Å². The lowest BCUT2D eigenvalue weighted by Crippen LogP contribution is -2.42. The highest BCUT2D eigenvalue weighted by atomic mass is 16.2. The van der Waals surface area contributed by atoms with Crippen LogP contribution in [0.4, 0.5) is 0 Å². The van der Waals surface area contributed by atoms with Gasteiger partial charge in [-0.05, 0) is 18.4 Å². The Balaban J connectivity index is 1.49. The number of hydrogen-bond acceptors (Lipinski definition) is 4. The molecule has 0 radical (unpaired) electrons. The number of hydrogen-bond donors (Lipinski definition) is 0. The van der Waals surface area contributed by atoms with Crippen molar-refractivity contribution in [1.82, 2.24) is 24.2 Å². The lowest BCUT2D eigenvalue weighted by molar-refractivity contribution is -0.137. The molecule has 2 fully saturated rings. The number of carbonyl (C=O) groups is 1. The van der Waals surface area contributed by atoms with E-state index in [9.17, 15) is 4.79 Å². The number of imidazole rings is 1. The van der Waals surface area contributed by atoms with E-state index in [0.717, 1.165) is 55.3 Å². The Morgan fingerprint density at radius 2 is 2.00 bits per heavy atom.